The number of hydrogen-bond acceptors (Lipinski definition) is 4. The van der Waals surface area contributed by atoms with Crippen molar-refractivity contribution in [2.45, 2.75) is 19.9 Å². The van der Waals surface area contributed by atoms with Gasteiger partial charge in [0.15, 0.2) is 0 Å². The topological polar surface area (TPSA) is 101 Å². The monoisotopic (exact) mass is 451 g/mol. The van der Waals surface area contributed by atoms with Crippen LogP contribution in [0.1, 0.15) is 44.1 Å². The molecule has 5 rings (SSSR count). The number of nitrogens with one attached hydrogen (secondary N) is 1. The molecule has 4 aromatic rings. The molecule has 1 amide bonds. The number of carbonyl (C=O) groups excluding carboxylic acids is 1. The zero-order valence-electron chi connectivity index (χ0n) is 18.4. The van der Waals surface area contributed by atoms with Gasteiger partial charge in [0.25, 0.3) is 11.5 Å². The summed E-state index contributed by atoms with van der Waals surface area (Å²) in [6.07, 6.45) is 2.76. The molecule has 0 unspecified atom stereocenters. The molecule has 7 nitrogen and oxygen atoms in total. The highest BCUT2D eigenvalue weighted by Crippen LogP contribution is 2.28. The van der Waals surface area contributed by atoms with E-state index in [0.29, 0.717) is 35.4 Å². The van der Waals surface area contributed by atoms with Gasteiger partial charge in [-0.1, -0.05) is 42.0 Å². The van der Waals surface area contributed by atoms with Crippen molar-refractivity contribution in [2.75, 3.05) is 5.32 Å². The lowest BCUT2D eigenvalue weighted by Crippen LogP contribution is -2.21. The summed E-state index contributed by atoms with van der Waals surface area (Å²) in [6.45, 7) is 2.60. The van der Waals surface area contributed by atoms with Crippen molar-refractivity contribution in [1.29, 1.82) is 0 Å². The van der Waals surface area contributed by atoms with Gasteiger partial charge < -0.3 is 10.4 Å². The summed E-state index contributed by atoms with van der Waals surface area (Å²) in [4.78, 5) is 42.0. The minimum absolute atomic E-state index is 0.0560. The summed E-state index contributed by atoms with van der Waals surface area (Å²) >= 11 is 0. The lowest BCUT2D eigenvalue weighted by Gasteiger charge is -2.10. The lowest BCUT2D eigenvalue weighted by atomic mass is 10.1. The molecule has 7 heteroatoms. The Hall–Kier alpha value is -4.52. The van der Waals surface area contributed by atoms with Crippen molar-refractivity contribution in [3.63, 3.8) is 0 Å². The van der Waals surface area contributed by atoms with Gasteiger partial charge in [-0.15, -0.1) is 0 Å². The van der Waals surface area contributed by atoms with Crippen LogP contribution in [-0.4, -0.2) is 26.5 Å². The second-order valence-electron chi connectivity index (χ2n) is 8.26. The minimum atomic E-state index is -1.18. The normalized spacial score (nSPS) is 13.7. The fraction of sp³-hybridized carbons (Fsp3) is 0.111. The highest BCUT2D eigenvalue weighted by molar-refractivity contribution is 6.11. The fourth-order valence-corrected chi connectivity index (χ4v) is 4.26. The highest BCUT2D eigenvalue weighted by Gasteiger charge is 2.21. The third-order valence-corrected chi connectivity index (χ3v) is 5.89. The Morgan fingerprint density at radius 1 is 1.03 bits per heavy atom. The van der Waals surface area contributed by atoms with Crippen molar-refractivity contribution in [1.82, 2.24) is 9.55 Å². The number of carboxylic acid groups (broad SMARTS) is 1. The first-order valence-corrected chi connectivity index (χ1v) is 10.9. The number of carboxylic acids is 1. The quantitative estimate of drug-likeness (QED) is 0.472. The number of aromatic carboxylic acids is 1. The van der Waals surface area contributed by atoms with Crippen molar-refractivity contribution in [2.24, 2.45) is 0 Å². The Kier molecular flexibility index (Phi) is 5.30. The van der Waals surface area contributed by atoms with Crippen LogP contribution < -0.4 is 10.9 Å². The van der Waals surface area contributed by atoms with E-state index in [1.165, 1.54) is 12.1 Å². The van der Waals surface area contributed by atoms with E-state index in [0.717, 1.165) is 16.7 Å². The van der Waals surface area contributed by atoms with Gasteiger partial charge in [-0.25, -0.2) is 9.78 Å². The van der Waals surface area contributed by atoms with Crippen LogP contribution in [0, 0.1) is 6.92 Å². The van der Waals surface area contributed by atoms with Gasteiger partial charge in [0, 0.05) is 12.2 Å². The van der Waals surface area contributed by atoms with Crippen LogP contribution in [0.2, 0.25) is 0 Å². The van der Waals surface area contributed by atoms with E-state index in [1.807, 2.05) is 25.1 Å². The average molecular weight is 451 g/mol. The number of nitrogens with zero attached hydrogens (tertiary/aromatic N) is 2. The third-order valence-electron chi connectivity index (χ3n) is 5.89. The SMILES string of the molecule is Cc1cccc(/C=C2\CCn3c2nc2cc(NC(=O)c4ccccc4C(=O)O)ccc2c3=O)c1. The summed E-state index contributed by atoms with van der Waals surface area (Å²) in [6, 6.07) is 19.0. The van der Waals surface area contributed by atoms with Gasteiger partial charge in [0.2, 0.25) is 0 Å². The molecule has 0 fully saturated rings. The molecule has 2 N–H and O–H groups in total. The molecule has 3 aromatic carbocycles. The van der Waals surface area contributed by atoms with E-state index < -0.39 is 11.9 Å². The maximum atomic E-state index is 13.1. The largest absolute Gasteiger partial charge is 0.478 e. The summed E-state index contributed by atoms with van der Waals surface area (Å²) in [5, 5.41) is 12.5. The molecule has 0 aliphatic carbocycles. The number of benzene rings is 3. The Balaban J connectivity index is 1.52. The van der Waals surface area contributed by atoms with E-state index >= 15 is 0 Å². The molecule has 168 valence electrons. The van der Waals surface area contributed by atoms with Crippen molar-refractivity contribution in [3.8, 4) is 0 Å². The van der Waals surface area contributed by atoms with Gasteiger partial charge in [0.05, 0.1) is 22.0 Å². The standard InChI is InChI=1S/C27H21N3O4/c1-16-5-4-6-17(13-16)14-18-11-12-30-24(18)29-23-15-19(9-10-22(23)26(30)32)28-25(31)20-7-2-3-8-21(20)27(33)34/h2-10,13-15H,11-12H2,1H3,(H,28,31)(H,33,34)/b18-14+. The zero-order valence-corrected chi connectivity index (χ0v) is 18.4. The summed E-state index contributed by atoms with van der Waals surface area (Å²) in [7, 11) is 0. The van der Waals surface area contributed by atoms with Crippen LogP contribution in [0.15, 0.2) is 71.5 Å². The predicted molar refractivity (Wildman–Crippen MR) is 131 cm³/mol. The minimum Gasteiger partial charge on any atom is -0.478 e. The van der Waals surface area contributed by atoms with Gasteiger partial charge in [-0.2, -0.15) is 0 Å². The second kappa shape index (κ2) is 8.44. The maximum absolute atomic E-state index is 13.1. The molecule has 0 bridgehead atoms. The number of allylic oxidation sites excluding steroid dienone is 1. The molecular weight excluding hydrogens is 430 g/mol. The number of rotatable bonds is 4. The number of fused-ring (bicyclic) bond motifs is 2. The average Bonchev–Trinajstić information content (AvgIpc) is 3.21. The Morgan fingerprint density at radius 3 is 2.59 bits per heavy atom. The molecule has 2 heterocycles. The Labute approximate surface area is 195 Å². The van der Waals surface area contributed by atoms with Crippen molar-refractivity contribution in [3.05, 3.63) is 105 Å². The smallest absolute Gasteiger partial charge is 0.336 e. The van der Waals surface area contributed by atoms with Gasteiger partial charge in [-0.3, -0.25) is 14.2 Å². The second-order valence-corrected chi connectivity index (χ2v) is 8.26. The molecule has 0 atom stereocenters. The molecular formula is C27H21N3O4. The predicted octanol–water partition coefficient (Wildman–Crippen LogP) is 4.60. The third kappa shape index (κ3) is 3.88. The molecule has 34 heavy (non-hydrogen) atoms. The van der Waals surface area contributed by atoms with E-state index in [-0.39, 0.29) is 16.7 Å². The van der Waals surface area contributed by atoms with Gasteiger partial charge >= 0.3 is 5.97 Å². The number of hydrogen-bond donors (Lipinski definition) is 2. The van der Waals surface area contributed by atoms with Crippen LogP contribution >= 0.6 is 0 Å². The maximum Gasteiger partial charge on any atom is 0.336 e. The molecule has 0 spiro atoms. The van der Waals surface area contributed by atoms with Crippen LogP contribution in [0.5, 0.6) is 0 Å². The highest BCUT2D eigenvalue weighted by atomic mass is 16.4. The molecule has 0 saturated carbocycles. The van der Waals surface area contributed by atoms with E-state index in [1.54, 1.807) is 34.9 Å². The number of carbonyl (C=O) groups is 2. The molecule has 1 aromatic heterocycles. The number of amides is 1. The molecule has 0 saturated heterocycles. The molecule has 1 aliphatic heterocycles. The van der Waals surface area contributed by atoms with Crippen LogP contribution in [0.4, 0.5) is 5.69 Å². The van der Waals surface area contributed by atoms with Crippen LogP contribution in [0.25, 0.3) is 22.6 Å². The first kappa shape index (κ1) is 21.3. The lowest BCUT2D eigenvalue weighted by molar-refractivity contribution is 0.0692. The Morgan fingerprint density at radius 2 is 1.82 bits per heavy atom. The zero-order chi connectivity index (χ0) is 23.8. The fourth-order valence-electron chi connectivity index (χ4n) is 4.26. The first-order chi connectivity index (χ1) is 16.4. The molecule has 1 aliphatic rings. The summed E-state index contributed by atoms with van der Waals surface area (Å²) in [5.74, 6) is -1.10. The molecule has 0 radical (unpaired) electrons. The summed E-state index contributed by atoms with van der Waals surface area (Å²) in [5.41, 5.74) is 3.93. The number of anilines is 1. The van der Waals surface area contributed by atoms with Crippen LogP contribution in [0.3, 0.4) is 0 Å². The van der Waals surface area contributed by atoms with Gasteiger partial charge in [0.1, 0.15) is 5.82 Å². The van der Waals surface area contributed by atoms with Crippen LogP contribution in [-0.2, 0) is 6.54 Å². The van der Waals surface area contributed by atoms with Gasteiger partial charge in [-0.05, 0) is 60.9 Å². The first-order valence-electron chi connectivity index (χ1n) is 10.9. The van der Waals surface area contributed by atoms with E-state index in [2.05, 4.69) is 17.5 Å². The van der Waals surface area contributed by atoms with E-state index in [4.69, 9.17) is 4.98 Å². The summed E-state index contributed by atoms with van der Waals surface area (Å²) < 4.78 is 1.69. The van der Waals surface area contributed by atoms with Crippen molar-refractivity contribution >= 4 is 40.1 Å². The van der Waals surface area contributed by atoms with E-state index in [9.17, 15) is 19.5 Å². The Bertz CT molecular complexity index is 1570. The van der Waals surface area contributed by atoms with Crippen molar-refractivity contribution < 1.29 is 14.7 Å². The number of aromatic nitrogens is 2. The number of aryl methyl sites for hydroxylation is 1.